The van der Waals surface area contributed by atoms with Crippen LogP contribution in [0.5, 0.6) is 0 Å². The van der Waals surface area contributed by atoms with Crippen LogP contribution >= 0.6 is 35.2 Å². The number of benzene rings is 1. The largest absolute Gasteiger partial charge is 0.467 e. The second kappa shape index (κ2) is 8.30. The lowest BCUT2D eigenvalue weighted by Gasteiger charge is -2.37. The van der Waals surface area contributed by atoms with E-state index in [0.29, 0.717) is 28.4 Å². The molecule has 0 saturated heterocycles. The van der Waals surface area contributed by atoms with Crippen molar-refractivity contribution < 1.29 is 8.94 Å². The molecule has 9 heteroatoms. The van der Waals surface area contributed by atoms with Crippen LogP contribution in [0.3, 0.4) is 0 Å². The van der Waals surface area contributed by atoms with Crippen molar-refractivity contribution in [3.05, 3.63) is 88.1 Å². The fourth-order valence-electron chi connectivity index (χ4n) is 3.55. The third kappa shape index (κ3) is 3.89. The van der Waals surface area contributed by atoms with Crippen LogP contribution in [0.4, 0.5) is 0 Å². The molecule has 0 spiro atoms. The number of aromatic nitrogens is 2. The molecule has 0 radical (unpaired) electrons. The second-order valence-corrected chi connectivity index (χ2v) is 8.77. The number of halogens is 1. The van der Waals surface area contributed by atoms with E-state index in [1.54, 1.807) is 17.6 Å². The number of thiophene rings is 1. The highest BCUT2D eigenvalue weighted by Gasteiger charge is 2.34. The highest BCUT2D eigenvalue weighted by Crippen LogP contribution is 2.38. The van der Waals surface area contributed by atoms with E-state index >= 15 is 0 Å². The fourth-order valence-corrected chi connectivity index (χ4v) is 4.65. The van der Waals surface area contributed by atoms with E-state index in [2.05, 4.69) is 10.5 Å². The lowest BCUT2D eigenvalue weighted by Crippen LogP contribution is -2.45. The molecule has 3 aromatic heterocycles. The molecule has 0 bridgehead atoms. The number of hydrogen-bond acceptors (Lipinski definition) is 6. The normalized spacial score (nSPS) is 16.6. The van der Waals surface area contributed by atoms with Gasteiger partial charge >= 0.3 is 0 Å². The third-order valence-corrected chi connectivity index (χ3v) is 6.55. The molecule has 31 heavy (non-hydrogen) atoms. The molecule has 4 aromatic rings. The van der Waals surface area contributed by atoms with E-state index in [0.717, 1.165) is 27.5 Å². The summed E-state index contributed by atoms with van der Waals surface area (Å²) in [6, 6.07) is 15.1. The SMILES string of the molecule is CC1=C(c2nc(-c3cccs3)no2)C(c2ccc(Cl)cc2)NC(=S)N1Cc1ccco1. The molecule has 0 saturated carbocycles. The van der Waals surface area contributed by atoms with Crippen LogP contribution in [-0.2, 0) is 6.54 Å². The molecular formula is C22H17ClN4O2S2. The number of furan rings is 1. The molecule has 6 nitrogen and oxygen atoms in total. The molecule has 1 unspecified atom stereocenters. The molecule has 1 aliphatic heterocycles. The summed E-state index contributed by atoms with van der Waals surface area (Å²) in [5.74, 6) is 1.81. The first-order valence-electron chi connectivity index (χ1n) is 9.55. The first kappa shape index (κ1) is 20.0. The van der Waals surface area contributed by atoms with Gasteiger partial charge in [-0.15, -0.1) is 11.3 Å². The lowest BCUT2D eigenvalue weighted by atomic mass is 9.95. The first-order chi connectivity index (χ1) is 15.1. The minimum Gasteiger partial charge on any atom is -0.467 e. The monoisotopic (exact) mass is 468 g/mol. The van der Waals surface area contributed by atoms with Gasteiger partial charge in [0.1, 0.15) is 5.76 Å². The zero-order valence-corrected chi connectivity index (χ0v) is 18.8. The first-order valence-corrected chi connectivity index (χ1v) is 11.2. The smallest absolute Gasteiger partial charge is 0.258 e. The predicted molar refractivity (Wildman–Crippen MR) is 124 cm³/mol. The standard InChI is InChI=1S/C22H17ClN4O2S2/c1-13-18(21-25-20(26-29-21)17-5-3-11-31-17)19(14-6-8-15(23)9-7-14)24-22(30)27(13)12-16-4-2-10-28-16/h2-11,19H,12H2,1H3,(H,24,30). The lowest BCUT2D eigenvalue weighted by molar-refractivity contribution is 0.383. The van der Waals surface area contributed by atoms with Crippen molar-refractivity contribution in [2.75, 3.05) is 0 Å². The maximum Gasteiger partial charge on any atom is 0.258 e. The molecule has 1 atom stereocenters. The molecule has 4 heterocycles. The van der Waals surface area contributed by atoms with Crippen molar-refractivity contribution in [3.63, 3.8) is 0 Å². The van der Waals surface area contributed by atoms with Gasteiger partial charge in [0, 0.05) is 10.7 Å². The summed E-state index contributed by atoms with van der Waals surface area (Å²) in [7, 11) is 0. The van der Waals surface area contributed by atoms with Crippen molar-refractivity contribution in [2.45, 2.75) is 19.5 Å². The Morgan fingerprint density at radius 2 is 2.03 bits per heavy atom. The Kier molecular flexibility index (Phi) is 5.35. The molecule has 5 rings (SSSR count). The van der Waals surface area contributed by atoms with Gasteiger partial charge in [-0.3, -0.25) is 0 Å². The summed E-state index contributed by atoms with van der Waals surface area (Å²) in [4.78, 5) is 7.62. The van der Waals surface area contributed by atoms with Gasteiger partial charge in [0.2, 0.25) is 5.82 Å². The molecule has 1 aliphatic rings. The Hall–Kier alpha value is -2.94. The Morgan fingerprint density at radius 3 is 2.74 bits per heavy atom. The van der Waals surface area contributed by atoms with Crippen LogP contribution in [0.1, 0.15) is 30.2 Å². The number of hydrogen-bond donors (Lipinski definition) is 1. The number of thiocarbonyl (C=S) groups is 1. The summed E-state index contributed by atoms with van der Waals surface area (Å²) in [5.41, 5.74) is 2.77. The topological polar surface area (TPSA) is 67.3 Å². The van der Waals surface area contributed by atoms with Gasteiger partial charge in [-0.05, 0) is 60.4 Å². The zero-order chi connectivity index (χ0) is 21.4. The number of nitrogens with one attached hydrogen (secondary N) is 1. The van der Waals surface area contributed by atoms with E-state index < -0.39 is 0 Å². The quantitative estimate of drug-likeness (QED) is 0.365. The van der Waals surface area contributed by atoms with Gasteiger partial charge in [-0.1, -0.05) is 35.0 Å². The van der Waals surface area contributed by atoms with Gasteiger partial charge < -0.3 is 19.2 Å². The zero-order valence-electron chi connectivity index (χ0n) is 16.4. The van der Waals surface area contributed by atoms with Crippen LogP contribution in [-0.4, -0.2) is 20.2 Å². The predicted octanol–water partition coefficient (Wildman–Crippen LogP) is 5.91. The second-order valence-electron chi connectivity index (χ2n) is 7.00. The van der Waals surface area contributed by atoms with E-state index in [-0.39, 0.29) is 6.04 Å². The number of allylic oxidation sites excluding steroid dienone is 1. The molecule has 156 valence electrons. The number of nitrogens with zero attached hydrogens (tertiary/aromatic N) is 3. The van der Waals surface area contributed by atoms with Crippen molar-refractivity contribution in [3.8, 4) is 10.7 Å². The average Bonchev–Trinajstić information content (AvgIpc) is 3.54. The number of rotatable bonds is 5. The molecule has 1 aromatic carbocycles. The van der Waals surface area contributed by atoms with E-state index in [1.165, 1.54) is 0 Å². The van der Waals surface area contributed by atoms with E-state index in [4.69, 9.17) is 37.7 Å². The minimum absolute atomic E-state index is 0.255. The Balaban J connectivity index is 1.60. The van der Waals surface area contributed by atoms with Crippen molar-refractivity contribution in [1.82, 2.24) is 20.4 Å². The van der Waals surface area contributed by atoms with Gasteiger partial charge in [0.05, 0.1) is 29.3 Å². The van der Waals surface area contributed by atoms with Crippen LogP contribution in [0.25, 0.3) is 16.3 Å². The summed E-state index contributed by atoms with van der Waals surface area (Å²) in [5, 5.41) is 10.9. The van der Waals surface area contributed by atoms with Crippen LogP contribution in [0, 0.1) is 0 Å². The van der Waals surface area contributed by atoms with Crippen molar-refractivity contribution in [2.24, 2.45) is 0 Å². The maximum atomic E-state index is 6.11. The molecular weight excluding hydrogens is 452 g/mol. The van der Waals surface area contributed by atoms with Gasteiger partial charge in [0.25, 0.3) is 5.89 Å². The summed E-state index contributed by atoms with van der Waals surface area (Å²) in [6.45, 7) is 2.50. The summed E-state index contributed by atoms with van der Waals surface area (Å²) >= 11 is 13.4. The Labute approximate surface area is 193 Å². The van der Waals surface area contributed by atoms with E-state index in [1.807, 2.05) is 65.7 Å². The highest BCUT2D eigenvalue weighted by molar-refractivity contribution is 7.80. The average molecular weight is 469 g/mol. The van der Waals surface area contributed by atoms with Crippen LogP contribution in [0.15, 0.2) is 74.8 Å². The summed E-state index contributed by atoms with van der Waals surface area (Å²) < 4.78 is 11.3. The minimum atomic E-state index is -0.255. The Bertz CT molecular complexity index is 1230. The molecule has 0 aliphatic carbocycles. The van der Waals surface area contributed by atoms with Gasteiger partial charge in [0.15, 0.2) is 5.11 Å². The third-order valence-electron chi connectivity index (χ3n) is 5.09. The fraction of sp³-hybridized carbons (Fsp3) is 0.136. The van der Waals surface area contributed by atoms with Crippen molar-refractivity contribution in [1.29, 1.82) is 0 Å². The van der Waals surface area contributed by atoms with E-state index in [9.17, 15) is 0 Å². The van der Waals surface area contributed by atoms with Gasteiger partial charge in [-0.25, -0.2) is 0 Å². The Morgan fingerprint density at radius 1 is 1.19 bits per heavy atom. The molecule has 1 N–H and O–H groups in total. The summed E-state index contributed by atoms with van der Waals surface area (Å²) in [6.07, 6.45) is 1.65. The van der Waals surface area contributed by atoms with Crippen LogP contribution in [0.2, 0.25) is 5.02 Å². The molecule has 0 amide bonds. The maximum absolute atomic E-state index is 6.11. The van der Waals surface area contributed by atoms with Gasteiger partial charge in [-0.2, -0.15) is 4.98 Å². The van der Waals surface area contributed by atoms with Crippen LogP contribution < -0.4 is 5.32 Å². The van der Waals surface area contributed by atoms with Crippen molar-refractivity contribution >= 4 is 45.8 Å². The highest BCUT2D eigenvalue weighted by atomic mass is 35.5. The molecule has 0 fully saturated rings.